The minimum atomic E-state index is -0.880. The van der Waals surface area contributed by atoms with E-state index in [0.717, 1.165) is 17.7 Å². The third-order valence-electron chi connectivity index (χ3n) is 2.81. The van der Waals surface area contributed by atoms with Gasteiger partial charge in [-0.05, 0) is 54.5 Å². The maximum atomic E-state index is 13.1. The van der Waals surface area contributed by atoms with Gasteiger partial charge in [-0.2, -0.15) is 0 Å². The van der Waals surface area contributed by atoms with E-state index >= 15 is 0 Å². The molecular formula is C15H13ClF2N2S. The number of hydrogen-bond acceptors (Lipinski definition) is 1. The number of aryl methyl sites for hydroxylation is 1. The first-order chi connectivity index (χ1) is 9.95. The zero-order valence-corrected chi connectivity index (χ0v) is 12.8. The van der Waals surface area contributed by atoms with E-state index in [9.17, 15) is 8.78 Å². The van der Waals surface area contributed by atoms with Crippen LogP contribution in [-0.4, -0.2) is 5.11 Å². The topological polar surface area (TPSA) is 24.1 Å². The lowest BCUT2D eigenvalue weighted by Crippen LogP contribution is -2.28. The van der Waals surface area contributed by atoms with Crippen molar-refractivity contribution in [1.29, 1.82) is 0 Å². The van der Waals surface area contributed by atoms with Crippen molar-refractivity contribution >= 4 is 34.6 Å². The van der Waals surface area contributed by atoms with Crippen LogP contribution in [0.1, 0.15) is 11.1 Å². The zero-order valence-electron chi connectivity index (χ0n) is 11.2. The van der Waals surface area contributed by atoms with Gasteiger partial charge >= 0.3 is 0 Å². The molecule has 2 N–H and O–H groups in total. The van der Waals surface area contributed by atoms with Crippen LogP contribution < -0.4 is 10.6 Å². The normalized spacial score (nSPS) is 10.3. The molecule has 2 rings (SSSR count). The van der Waals surface area contributed by atoms with Gasteiger partial charge in [-0.25, -0.2) is 8.78 Å². The average Bonchev–Trinajstić information content (AvgIpc) is 2.43. The molecule has 21 heavy (non-hydrogen) atoms. The molecule has 0 heterocycles. The van der Waals surface area contributed by atoms with Gasteiger partial charge in [-0.1, -0.05) is 23.7 Å². The predicted octanol–water partition coefficient (Wildman–Crippen LogP) is 4.41. The molecule has 0 saturated heterocycles. The van der Waals surface area contributed by atoms with Crippen LogP contribution >= 0.6 is 23.8 Å². The number of anilines is 1. The minimum Gasteiger partial charge on any atom is -0.358 e. The fourth-order valence-electron chi connectivity index (χ4n) is 1.72. The molecule has 0 aromatic heterocycles. The standard InChI is InChI=1S/C15H13ClF2N2S/c1-9-2-5-14(11(16)6-9)20-15(21)19-8-10-3-4-12(17)13(18)7-10/h2-7H,8H2,1H3,(H2,19,20,21). The van der Waals surface area contributed by atoms with E-state index in [4.69, 9.17) is 23.8 Å². The van der Waals surface area contributed by atoms with Gasteiger partial charge in [-0.3, -0.25) is 0 Å². The van der Waals surface area contributed by atoms with E-state index in [2.05, 4.69) is 10.6 Å². The summed E-state index contributed by atoms with van der Waals surface area (Å²) in [5.41, 5.74) is 2.32. The molecule has 0 aliphatic rings. The number of rotatable bonds is 3. The summed E-state index contributed by atoms with van der Waals surface area (Å²) < 4.78 is 25.9. The van der Waals surface area contributed by atoms with Gasteiger partial charge in [0.05, 0.1) is 10.7 Å². The smallest absolute Gasteiger partial charge is 0.171 e. The molecule has 0 aliphatic carbocycles. The van der Waals surface area contributed by atoms with E-state index in [0.29, 0.717) is 21.4 Å². The van der Waals surface area contributed by atoms with Gasteiger partial charge in [0.1, 0.15) is 0 Å². The second kappa shape index (κ2) is 6.83. The highest BCUT2D eigenvalue weighted by molar-refractivity contribution is 7.80. The lowest BCUT2D eigenvalue weighted by molar-refractivity contribution is 0.507. The summed E-state index contributed by atoms with van der Waals surface area (Å²) >= 11 is 11.2. The zero-order chi connectivity index (χ0) is 15.4. The maximum absolute atomic E-state index is 13.1. The molecule has 6 heteroatoms. The van der Waals surface area contributed by atoms with Crippen LogP contribution in [0.5, 0.6) is 0 Å². The van der Waals surface area contributed by atoms with E-state index in [1.807, 2.05) is 25.1 Å². The summed E-state index contributed by atoms with van der Waals surface area (Å²) in [6.07, 6.45) is 0. The monoisotopic (exact) mass is 326 g/mol. The molecular weight excluding hydrogens is 314 g/mol. The van der Waals surface area contributed by atoms with E-state index in [-0.39, 0.29) is 6.54 Å². The van der Waals surface area contributed by atoms with Crippen LogP contribution in [-0.2, 0) is 6.54 Å². The lowest BCUT2D eigenvalue weighted by atomic mass is 10.2. The molecule has 0 fully saturated rings. The number of nitrogens with one attached hydrogen (secondary N) is 2. The Morgan fingerprint density at radius 1 is 1.14 bits per heavy atom. The highest BCUT2D eigenvalue weighted by Gasteiger charge is 2.05. The summed E-state index contributed by atoms with van der Waals surface area (Å²) in [5.74, 6) is -1.75. The van der Waals surface area contributed by atoms with Gasteiger partial charge in [0.25, 0.3) is 0 Å². The molecule has 0 unspecified atom stereocenters. The molecule has 2 aromatic carbocycles. The van der Waals surface area contributed by atoms with Crippen molar-refractivity contribution in [3.63, 3.8) is 0 Å². The molecule has 0 radical (unpaired) electrons. The van der Waals surface area contributed by atoms with Gasteiger partial charge in [0, 0.05) is 6.54 Å². The Labute approximate surface area is 132 Å². The van der Waals surface area contributed by atoms with E-state index in [1.165, 1.54) is 6.07 Å². The highest BCUT2D eigenvalue weighted by Crippen LogP contribution is 2.22. The third kappa shape index (κ3) is 4.37. The van der Waals surface area contributed by atoms with Crippen LogP contribution in [0.4, 0.5) is 14.5 Å². The Kier molecular flexibility index (Phi) is 5.09. The fourth-order valence-corrected chi connectivity index (χ4v) is 2.18. The van der Waals surface area contributed by atoms with Crippen molar-refractivity contribution in [2.75, 3.05) is 5.32 Å². The molecule has 0 amide bonds. The SMILES string of the molecule is Cc1ccc(NC(=S)NCc2ccc(F)c(F)c2)c(Cl)c1. The summed E-state index contributed by atoms with van der Waals surface area (Å²) in [5, 5.41) is 6.78. The number of halogens is 3. The maximum Gasteiger partial charge on any atom is 0.171 e. The number of hydrogen-bond donors (Lipinski definition) is 2. The van der Waals surface area contributed by atoms with Crippen molar-refractivity contribution in [3.05, 3.63) is 64.2 Å². The third-order valence-corrected chi connectivity index (χ3v) is 3.37. The first-order valence-electron chi connectivity index (χ1n) is 6.20. The molecule has 0 spiro atoms. The Hall–Kier alpha value is -1.72. The molecule has 0 bridgehead atoms. The quantitative estimate of drug-likeness (QED) is 0.817. The summed E-state index contributed by atoms with van der Waals surface area (Å²) in [4.78, 5) is 0. The second-order valence-corrected chi connectivity index (χ2v) is 5.35. The lowest BCUT2D eigenvalue weighted by Gasteiger charge is -2.12. The van der Waals surface area contributed by atoms with Gasteiger partial charge < -0.3 is 10.6 Å². The first-order valence-corrected chi connectivity index (χ1v) is 6.99. The molecule has 2 aromatic rings. The molecule has 0 atom stereocenters. The second-order valence-electron chi connectivity index (χ2n) is 4.54. The average molecular weight is 327 g/mol. The fraction of sp³-hybridized carbons (Fsp3) is 0.133. The summed E-state index contributed by atoms with van der Waals surface area (Å²) in [6.45, 7) is 2.22. The Morgan fingerprint density at radius 3 is 2.57 bits per heavy atom. The van der Waals surface area contributed by atoms with E-state index < -0.39 is 11.6 Å². The van der Waals surface area contributed by atoms with E-state index in [1.54, 1.807) is 0 Å². The van der Waals surface area contributed by atoms with Crippen LogP contribution in [0, 0.1) is 18.6 Å². The van der Waals surface area contributed by atoms with Crippen molar-refractivity contribution < 1.29 is 8.78 Å². The van der Waals surface area contributed by atoms with Crippen LogP contribution in [0.3, 0.4) is 0 Å². The van der Waals surface area contributed by atoms with Crippen LogP contribution in [0.2, 0.25) is 5.02 Å². The van der Waals surface area contributed by atoms with Gasteiger partial charge in [-0.15, -0.1) is 0 Å². The Bertz CT molecular complexity index is 677. The molecule has 110 valence electrons. The highest BCUT2D eigenvalue weighted by atomic mass is 35.5. The first kappa shape index (κ1) is 15.7. The predicted molar refractivity (Wildman–Crippen MR) is 85.6 cm³/mol. The van der Waals surface area contributed by atoms with Crippen molar-refractivity contribution in [3.8, 4) is 0 Å². The minimum absolute atomic E-state index is 0.284. The molecule has 2 nitrogen and oxygen atoms in total. The molecule has 0 aliphatic heterocycles. The Morgan fingerprint density at radius 2 is 1.90 bits per heavy atom. The Balaban J connectivity index is 1.94. The van der Waals surface area contributed by atoms with Crippen LogP contribution in [0.25, 0.3) is 0 Å². The molecule has 0 saturated carbocycles. The van der Waals surface area contributed by atoms with Gasteiger partial charge in [0.2, 0.25) is 0 Å². The van der Waals surface area contributed by atoms with Gasteiger partial charge in [0.15, 0.2) is 16.7 Å². The number of benzene rings is 2. The largest absolute Gasteiger partial charge is 0.358 e. The van der Waals surface area contributed by atoms with Crippen molar-refractivity contribution in [1.82, 2.24) is 5.32 Å². The number of thiocarbonyl (C=S) groups is 1. The summed E-state index contributed by atoms with van der Waals surface area (Å²) in [7, 11) is 0. The summed E-state index contributed by atoms with van der Waals surface area (Å²) in [6, 6.07) is 9.26. The van der Waals surface area contributed by atoms with Crippen molar-refractivity contribution in [2.45, 2.75) is 13.5 Å². The van der Waals surface area contributed by atoms with Crippen molar-refractivity contribution in [2.24, 2.45) is 0 Å². The van der Waals surface area contributed by atoms with Crippen LogP contribution in [0.15, 0.2) is 36.4 Å².